The lowest BCUT2D eigenvalue weighted by Gasteiger charge is -2.09. The molecule has 0 saturated carbocycles. The molecule has 2 aromatic rings. The Morgan fingerprint density at radius 3 is 3.05 bits per heavy atom. The van der Waals surface area contributed by atoms with Crippen molar-refractivity contribution in [3.63, 3.8) is 0 Å². The van der Waals surface area contributed by atoms with Crippen molar-refractivity contribution < 1.29 is 9.53 Å². The highest BCUT2D eigenvalue weighted by Crippen LogP contribution is 2.13. The van der Waals surface area contributed by atoms with Gasteiger partial charge in [0.2, 0.25) is 0 Å². The summed E-state index contributed by atoms with van der Waals surface area (Å²) in [5.74, 6) is 0.707. The van der Waals surface area contributed by atoms with Crippen LogP contribution in [0.15, 0.2) is 23.0 Å². The van der Waals surface area contributed by atoms with E-state index < -0.39 is 5.97 Å². The third-order valence-electron chi connectivity index (χ3n) is 2.60. The van der Waals surface area contributed by atoms with Gasteiger partial charge >= 0.3 is 5.97 Å². The maximum absolute atomic E-state index is 11.6. The van der Waals surface area contributed by atoms with Crippen LogP contribution in [0.3, 0.4) is 0 Å². The molecule has 5 nitrogen and oxygen atoms in total. The van der Waals surface area contributed by atoms with Crippen LogP contribution in [0.1, 0.15) is 21.7 Å². The fraction of sp³-hybridized carbons (Fsp3) is 0.308. The molecule has 2 aromatic heterocycles. The van der Waals surface area contributed by atoms with E-state index >= 15 is 0 Å². The summed E-state index contributed by atoms with van der Waals surface area (Å²) in [7, 11) is 1.34. The zero-order valence-corrected chi connectivity index (χ0v) is 11.7. The Balaban J connectivity index is 2.05. The quantitative estimate of drug-likeness (QED) is 0.849. The number of nitrogens with zero attached hydrogens (tertiary/aromatic N) is 2. The Morgan fingerprint density at radius 2 is 2.37 bits per heavy atom. The Morgan fingerprint density at radius 1 is 1.53 bits per heavy atom. The lowest BCUT2D eigenvalue weighted by atomic mass is 10.2. The Kier molecular flexibility index (Phi) is 4.46. The number of esters is 1. The van der Waals surface area contributed by atoms with Gasteiger partial charge in [-0.15, -0.1) is 0 Å². The summed E-state index contributed by atoms with van der Waals surface area (Å²) in [6.45, 7) is 2.49. The van der Waals surface area contributed by atoms with Crippen molar-refractivity contribution in [1.82, 2.24) is 9.97 Å². The molecule has 0 unspecified atom stereocenters. The maximum atomic E-state index is 11.6. The van der Waals surface area contributed by atoms with Crippen molar-refractivity contribution in [2.75, 3.05) is 19.0 Å². The van der Waals surface area contributed by atoms with Gasteiger partial charge in [-0.2, -0.15) is 11.3 Å². The molecule has 19 heavy (non-hydrogen) atoms. The molecule has 1 N–H and O–H groups in total. The van der Waals surface area contributed by atoms with E-state index in [1.54, 1.807) is 18.3 Å². The predicted molar refractivity (Wildman–Crippen MR) is 74.6 cm³/mol. The number of carbonyl (C=O) groups is 1. The average Bonchev–Trinajstić information content (AvgIpc) is 2.91. The largest absolute Gasteiger partial charge is 0.465 e. The Hall–Kier alpha value is -1.95. The van der Waals surface area contributed by atoms with Gasteiger partial charge in [0, 0.05) is 12.7 Å². The molecular weight excluding hydrogens is 262 g/mol. The predicted octanol–water partition coefficient (Wildman–Crippen LogP) is 2.29. The van der Waals surface area contributed by atoms with E-state index in [1.807, 2.05) is 5.38 Å². The molecule has 0 aliphatic carbocycles. The number of hydrogen-bond donors (Lipinski definition) is 1. The van der Waals surface area contributed by atoms with Gasteiger partial charge in [-0.25, -0.2) is 14.8 Å². The van der Waals surface area contributed by atoms with Crippen LogP contribution in [0.5, 0.6) is 0 Å². The second-order valence-corrected chi connectivity index (χ2v) is 4.76. The third-order valence-corrected chi connectivity index (χ3v) is 3.33. The fourth-order valence-corrected chi connectivity index (χ4v) is 2.33. The lowest BCUT2D eigenvalue weighted by molar-refractivity contribution is 0.0601. The molecular formula is C13H15N3O2S. The number of aryl methyl sites for hydroxylation is 1. The van der Waals surface area contributed by atoms with E-state index in [9.17, 15) is 4.79 Å². The molecule has 0 saturated heterocycles. The van der Waals surface area contributed by atoms with E-state index in [4.69, 9.17) is 4.74 Å². The number of hydrogen-bond acceptors (Lipinski definition) is 6. The smallest absolute Gasteiger partial charge is 0.343 e. The van der Waals surface area contributed by atoms with E-state index in [0.717, 1.165) is 6.42 Å². The number of methoxy groups -OCH3 is 1. The van der Waals surface area contributed by atoms with Crippen molar-refractivity contribution in [1.29, 1.82) is 0 Å². The molecule has 2 heterocycles. The minimum Gasteiger partial charge on any atom is -0.465 e. The molecule has 0 bridgehead atoms. The molecule has 0 aliphatic heterocycles. The van der Waals surface area contributed by atoms with Gasteiger partial charge in [-0.1, -0.05) is 0 Å². The summed E-state index contributed by atoms with van der Waals surface area (Å²) in [5, 5.41) is 7.31. The first-order valence-electron chi connectivity index (χ1n) is 5.87. The summed E-state index contributed by atoms with van der Waals surface area (Å²) >= 11 is 1.67. The molecule has 0 amide bonds. The van der Waals surface area contributed by atoms with Crippen molar-refractivity contribution in [2.45, 2.75) is 13.3 Å². The van der Waals surface area contributed by atoms with Gasteiger partial charge in [-0.05, 0) is 35.7 Å². The highest BCUT2D eigenvalue weighted by atomic mass is 32.1. The lowest BCUT2D eigenvalue weighted by Crippen LogP contribution is -2.13. The molecule has 6 heteroatoms. The highest BCUT2D eigenvalue weighted by Gasteiger charge is 2.13. The number of thiophene rings is 1. The number of ether oxygens (including phenoxy) is 1. The van der Waals surface area contributed by atoms with Gasteiger partial charge in [-0.3, -0.25) is 0 Å². The summed E-state index contributed by atoms with van der Waals surface area (Å²) in [6, 6.07) is 2.08. The molecule has 0 spiro atoms. The summed E-state index contributed by atoms with van der Waals surface area (Å²) in [4.78, 5) is 19.9. The van der Waals surface area contributed by atoms with Crippen LogP contribution in [-0.2, 0) is 11.2 Å². The van der Waals surface area contributed by atoms with Crippen LogP contribution in [0, 0.1) is 6.92 Å². The summed E-state index contributed by atoms with van der Waals surface area (Å²) in [5.41, 5.74) is 1.63. The number of nitrogens with one attached hydrogen (secondary N) is 1. The minimum atomic E-state index is -0.432. The van der Waals surface area contributed by atoms with E-state index in [0.29, 0.717) is 23.8 Å². The molecule has 0 atom stereocenters. The van der Waals surface area contributed by atoms with Crippen molar-refractivity contribution in [2.24, 2.45) is 0 Å². The molecule has 0 aliphatic rings. The fourth-order valence-electron chi connectivity index (χ4n) is 1.62. The first-order valence-corrected chi connectivity index (χ1v) is 6.82. The van der Waals surface area contributed by atoms with Crippen LogP contribution < -0.4 is 5.32 Å². The monoisotopic (exact) mass is 277 g/mol. The summed E-state index contributed by atoms with van der Waals surface area (Å²) in [6.07, 6.45) is 2.37. The first-order chi connectivity index (χ1) is 9.20. The average molecular weight is 277 g/mol. The number of aromatic nitrogens is 2. The first kappa shape index (κ1) is 13.5. The second-order valence-electron chi connectivity index (χ2n) is 3.98. The van der Waals surface area contributed by atoms with Crippen LogP contribution >= 0.6 is 11.3 Å². The Labute approximate surface area is 115 Å². The van der Waals surface area contributed by atoms with Gasteiger partial charge in [0.05, 0.1) is 7.11 Å². The zero-order chi connectivity index (χ0) is 13.7. The van der Waals surface area contributed by atoms with Crippen molar-refractivity contribution in [3.8, 4) is 0 Å². The highest BCUT2D eigenvalue weighted by molar-refractivity contribution is 7.07. The number of carbonyl (C=O) groups excluding carboxylic acids is 1. The standard InChI is InChI=1S/C13H15N3O2S/c1-9-15-7-11(13(17)18-2)12(16-9)14-5-3-10-4-6-19-8-10/h4,6-8H,3,5H2,1-2H3,(H,14,15,16). The van der Waals surface area contributed by atoms with Crippen molar-refractivity contribution in [3.05, 3.63) is 40.0 Å². The van der Waals surface area contributed by atoms with Gasteiger partial charge in [0.1, 0.15) is 17.2 Å². The Bertz CT molecular complexity index is 555. The topological polar surface area (TPSA) is 64.1 Å². The minimum absolute atomic E-state index is 0.360. The normalized spacial score (nSPS) is 10.2. The molecule has 0 radical (unpaired) electrons. The van der Waals surface area contributed by atoms with E-state index in [2.05, 4.69) is 26.7 Å². The van der Waals surface area contributed by atoms with Crippen molar-refractivity contribution >= 4 is 23.1 Å². The van der Waals surface area contributed by atoms with Crippen LogP contribution in [0.25, 0.3) is 0 Å². The number of anilines is 1. The third kappa shape index (κ3) is 3.51. The molecule has 0 fully saturated rings. The van der Waals surface area contributed by atoms with Gasteiger partial charge < -0.3 is 10.1 Å². The zero-order valence-electron chi connectivity index (χ0n) is 10.8. The van der Waals surface area contributed by atoms with Crippen LogP contribution in [-0.4, -0.2) is 29.6 Å². The van der Waals surface area contributed by atoms with E-state index in [1.165, 1.54) is 18.9 Å². The summed E-state index contributed by atoms with van der Waals surface area (Å²) < 4.78 is 4.71. The second kappa shape index (κ2) is 6.29. The van der Waals surface area contributed by atoms with Gasteiger partial charge in [0.25, 0.3) is 0 Å². The SMILES string of the molecule is COC(=O)c1cnc(C)nc1NCCc1ccsc1. The van der Waals surface area contributed by atoms with E-state index in [-0.39, 0.29) is 0 Å². The van der Waals surface area contributed by atoms with Crippen LogP contribution in [0.2, 0.25) is 0 Å². The van der Waals surface area contributed by atoms with Crippen LogP contribution in [0.4, 0.5) is 5.82 Å². The maximum Gasteiger partial charge on any atom is 0.343 e. The molecule has 100 valence electrons. The number of rotatable bonds is 5. The van der Waals surface area contributed by atoms with Gasteiger partial charge in [0.15, 0.2) is 0 Å². The molecule has 2 rings (SSSR count). The molecule has 0 aromatic carbocycles.